The fourth-order valence-electron chi connectivity index (χ4n) is 1.72. The lowest BCUT2D eigenvalue weighted by Crippen LogP contribution is -2.03. The Bertz CT molecular complexity index is 654. The van der Waals surface area contributed by atoms with Gasteiger partial charge in [0.2, 0.25) is 0 Å². The van der Waals surface area contributed by atoms with Crippen molar-refractivity contribution in [3.05, 3.63) is 58.6 Å². The molecule has 3 nitrogen and oxygen atoms in total. The number of nitriles is 1. The van der Waals surface area contributed by atoms with E-state index in [1.807, 2.05) is 6.07 Å². The van der Waals surface area contributed by atoms with Gasteiger partial charge in [0.25, 0.3) is 0 Å². The van der Waals surface area contributed by atoms with Crippen LogP contribution in [0.5, 0.6) is 5.75 Å². The molecule has 0 saturated carbocycles. The van der Waals surface area contributed by atoms with Crippen LogP contribution in [0.4, 0.5) is 14.5 Å². The average molecular weight is 309 g/mol. The van der Waals surface area contributed by atoms with E-state index in [9.17, 15) is 8.78 Å². The number of hydrogen-bond donors (Lipinski definition) is 1. The molecule has 0 aliphatic heterocycles. The first-order valence-electron chi connectivity index (χ1n) is 6.06. The molecule has 0 spiro atoms. The Labute approximate surface area is 125 Å². The van der Waals surface area contributed by atoms with Crippen molar-refractivity contribution in [3.63, 3.8) is 0 Å². The van der Waals surface area contributed by atoms with Crippen molar-refractivity contribution in [1.82, 2.24) is 0 Å². The van der Waals surface area contributed by atoms with E-state index in [2.05, 4.69) is 10.1 Å². The molecule has 6 heteroatoms. The number of halogens is 3. The van der Waals surface area contributed by atoms with Gasteiger partial charge in [-0.15, -0.1) is 0 Å². The maximum Gasteiger partial charge on any atom is 0.387 e. The van der Waals surface area contributed by atoms with Crippen LogP contribution in [0.1, 0.15) is 11.1 Å². The van der Waals surface area contributed by atoms with Crippen LogP contribution in [0.2, 0.25) is 5.02 Å². The number of alkyl halides is 2. The molecule has 0 aliphatic rings. The van der Waals surface area contributed by atoms with Crippen LogP contribution < -0.4 is 10.1 Å². The summed E-state index contributed by atoms with van der Waals surface area (Å²) in [5.41, 5.74) is 2.02. The summed E-state index contributed by atoms with van der Waals surface area (Å²) in [7, 11) is 0. The van der Waals surface area contributed by atoms with Crippen molar-refractivity contribution in [1.29, 1.82) is 5.26 Å². The van der Waals surface area contributed by atoms with E-state index >= 15 is 0 Å². The van der Waals surface area contributed by atoms with Gasteiger partial charge >= 0.3 is 6.61 Å². The SMILES string of the molecule is N#Cc1ccc(Cl)c(NCc2ccc(OC(F)F)cc2)c1. The van der Waals surface area contributed by atoms with E-state index in [0.29, 0.717) is 22.8 Å². The fraction of sp³-hybridized carbons (Fsp3) is 0.133. The molecule has 0 aliphatic carbocycles. The lowest BCUT2D eigenvalue weighted by Gasteiger charge is -2.10. The minimum atomic E-state index is -2.83. The highest BCUT2D eigenvalue weighted by atomic mass is 35.5. The van der Waals surface area contributed by atoms with Crippen molar-refractivity contribution < 1.29 is 13.5 Å². The molecule has 0 fully saturated rings. The monoisotopic (exact) mass is 308 g/mol. The van der Waals surface area contributed by atoms with Crippen molar-refractivity contribution in [2.45, 2.75) is 13.2 Å². The molecule has 0 bridgehead atoms. The first-order chi connectivity index (χ1) is 10.1. The molecule has 108 valence electrons. The zero-order chi connectivity index (χ0) is 15.2. The molecule has 0 saturated heterocycles. The third kappa shape index (κ3) is 4.33. The quantitative estimate of drug-likeness (QED) is 0.889. The maximum absolute atomic E-state index is 12.0. The van der Waals surface area contributed by atoms with Gasteiger partial charge in [0.05, 0.1) is 22.3 Å². The molecular weight excluding hydrogens is 298 g/mol. The van der Waals surface area contributed by atoms with E-state index in [0.717, 1.165) is 5.56 Å². The highest BCUT2D eigenvalue weighted by Gasteiger charge is 2.05. The summed E-state index contributed by atoms with van der Waals surface area (Å²) in [6.45, 7) is -2.38. The zero-order valence-corrected chi connectivity index (χ0v) is 11.6. The van der Waals surface area contributed by atoms with Gasteiger partial charge in [-0.05, 0) is 35.9 Å². The normalized spacial score (nSPS) is 10.2. The third-order valence-electron chi connectivity index (χ3n) is 2.73. The lowest BCUT2D eigenvalue weighted by molar-refractivity contribution is -0.0498. The number of anilines is 1. The number of nitrogens with zero attached hydrogens (tertiary/aromatic N) is 1. The van der Waals surface area contributed by atoms with Crippen molar-refractivity contribution >= 4 is 17.3 Å². The summed E-state index contributed by atoms with van der Waals surface area (Å²) in [6.07, 6.45) is 0. The molecule has 0 amide bonds. The third-order valence-corrected chi connectivity index (χ3v) is 3.06. The number of nitrogens with one attached hydrogen (secondary N) is 1. The number of benzene rings is 2. The van der Waals surface area contributed by atoms with Gasteiger partial charge in [0.15, 0.2) is 0 Å². The molecule has 2 aromatic rings. The summed E-state index contributed by atoms with van der Waals surface area (Å²) < 4.78 is 28.3. The largest absolute Gasteiger partial charge is 0.435 e. The number of rotatable bonds is 5. The van der Waals surface area contributed by atoms with Crippen LogP contribution in [0.15, 0.2) is 42.5 Å². The summed E-state index contributed by atoms with van der Waals surface area (Å²) in [4.78, 5) is 0. The number of ether oxygens (including phenoxy) is 1. The van der Waals surface area contributed by atoms with Gasteiger partial charge in [-0.2, -0.15) is 14.0 Å². The summed E-state index contributed by atoms with van der Waals surface area (Å²) >= 11 is 6.03. The first kappa shape index (κ1) is 15.1. The predicted octanol–water partition coefficient (Wildman–Crippen LogP) is 4.43. The molecule has 1 N–H and O–H groups in total. The van der Waals surface area contributed by atoms with Crippen molar-refractivity contribution in [2.75, 3.05) is 5.32 Å². The van der Waals surface area contributed by atoms with Crippen molar-refractivity contribution in [3.8, 4) is 11.8 Å². The van der Waals surface area contributed by atoms with Gasteiger partial charge in [-0.1, -0.05) is 23.7 Å². The predicted molar refractivity (Wildman–Crippen MR) is 76.6 cm³/mol. The van der Waals surface area contributed by atoms with Crippen LogP contribution in [0.25, 0.3) is 0 Å². The van der Waals surface area contributed by atoms with Crippen molar-refractivity contribution in [2.24, 2.45) is 0 Å². The zero-order valence-electron chi connectivity index (χ0n) is 10.8. The Morgan fingerprint density at radius 2 is 1.90 bits per heavy atom. The van der Waals surface area contributed by atoms with Gasteiger partial charge in [0.1, 0.15) is 5.75 Å². The summed E-state index contributed by atoms with van der Waals surface area (Å²) in [5, 5.41) is 12.4. The Morgan fingerprint density at radius 3 is 2.52 bits per heavy atom. The Balaban J connectivity index is 2.01. The molecule has 0 atom stereocenters. The van der Waals surface area contributed by atoms with Gasteiger partial charge in [-0.25, -0.2) is 0 Å². The van der Waals surface area contributed by atoms with Gasteiger partial charge in [0, 0.05) is 6.54 Å². The molecule has 0 radical (unpaired) electrons. The minimum absolute atomic E-state index is 0.110. The van der Waals surface area contributed by atoms with Crippen LogP contribution >= 0.6 is 11.6 Å². The lowest BCUT2D eigenvalue weighted by atomic mass is 10.2. The fourth-order valence-corrected chi connectivity index (χ4v) is 1.90. The smallest absolute Gasteiger partial charge is 0.387 e. The molecule has 0 aromatic heterocycles. The Morgan fingerprint density at radius 1 is 1.19 bits per heavy atom. The second-order valence-corrected chi connectivity index (χ2v) is 4.59. The van der Waals surface area contributed by atoms with E-state index in [1.54, 1.807) is 30.3 Å². The average Bonchev–Trinajstić information content (AvgIpc) is 2.47. The molecular formula is C15H11ClF2N2O. The Hall–Kier alpha value is -2.32. The molecule has 2 rings (SSSR count). The first-order valence-corrected chi connectivity index (χ1v) is 6.43. The van der Waals surface area contributed by atoms with E-state index in [4.69, 9.17) is 16.9 Å². The van der Waals surface area contributed by atoms with Gasteiger partial charge in [-0.3, -0.25) is 0 Å². The Kier molecular flexibility index (Phi) is 4.96. The van der Waals surface area contributed by atoms with Crippen LogP contribution in [-0.4, -0.2) is 6.61 Å². The minimum Gasteiger partial charge on any atom is -0.435 e. The van der Waals surface area contributed by atoms with Gasteiger partial charge < -0.3 is 10.1 Å². The van der Waals surface area contributed by atoms with Crippen LogP contribution in [0.3, 0.4) is 0 Å². The second kappa shape index (κ2) is 6.91. The summed E-state index contributed by atoms with van der Waals surface area (Å²) in [5.74, 6) is 0.110. The maximum atomic E-state index is 12.0. The van der Waals surface area contributed by atoms with Crippen LogP contribution in [0, 0.1) is 11.3 Å². The summed E-state index contributed by atoms with van der Waals surface area (Å²) in [6, 6.07) is 13.2. The molecule has 21 heavy (non-hydrogen) atoms. The second-order valence-electron chi connectivity index (χ2n) is 4.18. The molecule has 0 unspecified atom stereocenters. The molecule has 0 heterocycles. The highest BCUT2D eigenvalue weighted by molar-refractivity contribution is 6.33. The molecule has 2 aromatic carbocycles. The topological polar surface area (TPSA) is 45.0 Å². The van der Waals surface area contributed by atoms with E-state index < -0.39 is 6.61 Å². The van der Waals surface area contributed by atoms with E-state index in [-0.39, 0.29) is 5.75 Å². The van der Waals surface area contributed by atoms with Crippen LogP contribution in [-0.2, 0) is 6.54 Å². The number of hydrogen-bond acceptors (Lipinski definition) is 3. The standard InChI is InChI=1S/C15H11ClF2N2O/c16-13-6-3-11(8-19)7-14(13)20-9-10-1-4-12(5-2-10)21-15(17)18/h1-7,15,20H,9H2. The highest BCUT2D eigenvalue weighted by Crippen LogP contribution is 2.23. The van der Waals surface area contributed by atoms with E-state index in [1.165, 1.54) is 12.1 Å².